The summed E-state index contributed by atoms with van der Waals surface area (Å²) in [6.45, 7) is 21.4. The molecule has 2 aromatic carbocycles. The van der Waals surface area contributed by atoms with Crippen LogP contribution in [-0.4, -0.2) is 72.1 Å². The van der Waals surface area contributed by atoms with E-state index in [1.54, 1.807) is 46.3 Å². The Labute approximate surface area is 806 Å². The molecule has 0 saturated carbocycles. The van der Waals surface area contributed by atoms with E-state index in [-0.39, 0.29) is 70.7 Å². The molecule has 8 aromatic rings. The summed E-state index contributed by atoms with van der Waals surface area (Å²) < 4.78 is 26.5. The van der Waals surface area contributed by atoms with Gasteiger partial charge in [0.1, 0.15) is 23.1 Å². The minimum absolute atomic E-state index is 0. The molecule has 0 aliphatic carbocycles. The Balaban J connectivity index is 0.000000241. The number of ether oxygens (including phenoxy) is 2. The number of pyridine rings is 2. The summed E-state index contributed by atoms with van der Waals surface area (Å²) >= 11 is 56.5. The number of anilines is 4. The molecule has 2 aliphatic heterocycles. The average molecular weight is 4510 g/mol. The van der Waals surface area contributed by atoms with Crippen LogP contribution in [-0.2, 0) is 29.7 Å². The molecular weight excluding hydrogens is 4440 g/mol. The summed E-state index contributed by atoms with van der Waals surface area (Å²) in [6.07, 6.45) is 1.81. The zero-order chi connectivity index (χ0) is 75.9. The van der Waals surface area contributed by atoms with Gasteiger partial charge in [-0.05, 0) is 129 Å². The molecule has 20 nitrogen and oxygen atoms in total. The van der Waals surface area contributed by atoms with Crippen molar-refractivity contribution in [3.63, 3.8) is 0 Å². The molecule has 0 unspecified atom stereocenters. The van der Waals surface area contributed by atoms with E-state index in [0.717, 1.165) is 80.8 Å². The van der Waals surface area contributed by atoms with E-state index in [4.69, 9.17) is 46.6 Å². The molecule has 103 heavy (non-hydrogen) atoms. The predicted molar refractivity (Wildman–Crippen MR) is 673 cm³/mol. The maximum absolute atomic E-state index is 12.7. The Morgan fingerprint density at radius 3 is 1.34 bits per heavy atom. The molecule has 0 fully saturated rings. The Hall–Kier alpha value is 11.9. The predicted octanol–water partition coefficient (Wildman–Crippen LogP) is 34.5. The normalized spacial score (nSPS) is 14.9. The first-order valence-corrected chi connectivity index (χ1v) is 186. The van der Waals surface area contributed by atoms with Crippen LogP contribution < -0.4 is 41.4 Å². The van der Waals surface area contributed by atoms with Crippen molar-refractivity contribution in [2.75, 3.05) is 40.8 Å². The molecule has 0 saturated heterocycles. The zero-order valence-electron chi connectivity index (χ0n) is 54.7. The molecule has 6 N–H and O–H groups in total. The topological polar surface area (TPSA) is 241 Å². The molecule has 3 amide bonds. The van der Waals surface area contributed by atoms with Crippen LogP contribution in [0.4, 0.5) is 23.0 Å². The molecule has 0 spiro atoms. The standard InChI is InChI=1S/C27H29ClN6O4.C25H27ClN6O3.C2H6O.I26.HI/c1-14-11-22(29-25-24(14)15(2)32-33(25)6)30-31-26(36)20-7-8-23(37-20)38-21-12-17-19(13-18(21)28)34(16(3)35)10-9-27(17,4)5;1-13-10-20(28-23-22(13)14(2)31-32(23)5)29-30-24(33)18-6-7-21(34-18)35-19-11-15-17(12-16(19)26)27-9-8-25(15,3)4;1-2-3;1-15(2)17(5)19(7)21(9)23(11)25(13)26(14)24(12)22(10)20(8)18(6)16(3)4;/h7-8,11-13H,9-10H2,1-6H3,(H,29,30)(H,31,36);6-7,10-12,27H,8-9H2,1-5H3,(H,28,29)(H,30,33);3H,2H2,1H3;;1H. The van der Waals surface area contributed by atoms with Crippen molar-refractivity contribution in [1.82, 2.24) is 40.4 Å². The number of halogens is 29. The molecule has 6 aromatic heterocycles. The van der Waals surface area contributed by atoms with Gasteiger partial charge in [-0.3, -0.25) is 45.5 Å². The molecule has 8 heterocycles. The molecule has 0 radical (unpaired) electrons. The van der Waals surface area contributed by atoms with Gasteiger partial charge in [-0.1, -0.05) is 50.9 Å². The van der Waals surface area contributed by atoms with Crippen LogP contribution in [0.15, 0.2) is 69.5 Å². The van der Waals surface area contributed by atoms with Crippen molar-refractivity contribution in [2.45, 2.75) is 92.9 Å². The van der Waals surface area contributed by atoms with Gasteiger partial charge in [0.15, 0.2) is 22.8 Å². The number of aliphatic hydroxyl groups is 1. The van der Waals surface area contributed by atoms with E-state index in [1.165, 1.54) is 12.1 Å². The molecule has 590 valence electrons. The average Bonchev–Trinajstić information content (AvgIpc) is 1.49. The van der Waals surface area contributed by atoms with Crippen LogP contribution in [0.25, 0.3) is 22.1 Å². The van der Waals surface area contributed by atoms with Crippen LogP contribution >= 0.6 is 403 Å². The fraction of sp³-hybridized carbons (Fsp3) is 0.352. The molecule has 0 bridgehead atoms. The number of nitrogens with one attached hydrogen (secondary N) is 5. The monoisotopic (exact) mass is 4500 g/mol. The summed E-state index contributed by atoms with van der Waals surface area (Å²) in [4.78, 5) is 48.3. The minimum atomic E-state index is -0.504. The number of carbonyl (C=O) groups is 3. The van der Waals surface area contributed by atoms with Gasteiger partial charge in [0.25, 0.3) is 11.9 Å². The van der Waals surface area contributed by atoms with E-state index in [9.17, 15) is 14.4 Å². The molecule has 10 rings (SSSR count). The van der Waals surface area contributed by atoms with Crippen molar-refractivity contribution < 1.29 is 37.8 Å². The molecular formula is C54H63Cl2I27N12O8. The summed E-state index contributed by atoms with van der Waals surface area (Å²) in [5.41, 5.74) is 19.8. The fourth-order valence-electron chi connectivity index (χ4n) is 9.67. The number of carbonyl (C=O) groups excluding carboxylic acids is 3. The number of benzene rings is 2. The third-order valence-corrected chi connectivity index (χ3v) is 1830. The van der Waals surface area contributed by atoms with Gasteiger partial charge in [0.05, 0.1) is 21.4 Å². The van der Waals surface area contributed by atoms with Gasteiger partial charge >= 0.3 is 367 Å². The summed E-state index contributed by atoms with van der Waals surface area (Å²) in [5.74, 6) is 1.19. The third kappa shape index (κ3) is 29.2. The number of amides is 3. The molecule has 49 heteroatoms. The molecule has 0 atom stereocenters. The zero-order valence-corrected chi connectivity index (χ0v) is 115. The first kappa shape index (κ1) is 104. The van der Waals surface area contributed by atoms with Gasteiger partial charge in [0.2, 0.25) is 5.91 Å². The van der Waals surface area contributed by atoms with Crippen molar-refractivity contribution in [3.05, 3.63) is 116 Å². The first-order valence-electron chi connectivity index (χ1n) is 28.2. The van der Waals surface area contributed by atoms with Crippen molar-refractivity contribution in [2.24, 2.45) is 14.1 Å². The summed E-state index contributed by atoms with van der Waals surface area (Å²) in [7, 11) is -1.67. The van der Waals surface area contributed by atoms with Crippen LogP contribution in [0.3, 0.4) is 0 Å². The number of aryl methyl sites for hydroxylation is 6. The molecule has 2 aliphatic rings. The fourth-order valence-corrected chi connectivity index (χ4v) is 4200. The van der Waals surface area contributed by atoms with E-state index in [2.05, 4.69) is 336 Å². The number of aromatic nitrogens is 6. The summed E-state index contributed by atoms with van der Waals surface area (Å²) in [5, 5.41) is 22.5. The van der Waals surface area contributed by atoms with Crippen LogP contribution in [0, 0.1) is 27.7 Å². The quantitative estimate of drug-likeness (QED) is 0.0290. The van der Waals surface area contributed by atoms with E-state index in [0.29, 0.717) is 45.4 Å². The number of hydrazine groups is 2. The van der Waals surface area contributed by atoms with Gasteiger partial charge in [-0.25, -0.2) is 9.97 Å². The number of hydrogen-bond donors (Lipinski definition) is 6. The van der Waals surface area contributed by atoms with E-state index < -0.39 is 107 Å². The third-order valence-electron chi connectivity index (χ3n) is 14.1. The van der Waals surface area contributed by atoms with Gasteiger partial charge < -0.3 is 33.6 Å². The van der Waals surface area contributed by atoms with Crippen LogP contribution in [0.1, 0.15) is 109 Å². The second kappa shape index (κ2) is 49.1. The summed E-state index contributed by atoms with van der Waals surface area (Å²) in [6, 6.07) is 17.2. The number of hydrogen-bond acceptors (Lipinski definition) is 15. The number of fused-ring (bicyclic) bond motifs is 4. The van der Waals surface area contributed by atoms with Gasteiger partial charge in [-0.15, -0.1) is 24.0 Å². The first-order chi connectivity index (χ1) is 47.7. The van der Waals surface area contributed by atoms with Gasteiger partial charge in [0, 0.05) is 75.0 Å². The number of rotatable bonds is 21. The van der Waals surface area contributed by atoms with Crippen molar-refractivity contribution >= 4 is 465 Å². The van der Waals surface area contributed by atoms with Crippen LogP contribution in [0.5, 0.6) is 23.4 Å². The maximum atomic E-state index is 12.7. The van der Waals surface area contributed by atoms with Gasteiger partial charge in [-0.2, -0.15) is 10.2 Å². The Morgan fingerprint density at radius 1 is 0.583 bits per heavy atom. The second-order valence-electron chi connectivity index (χ2n) is 21.8. The SMILES string of the molecule is CC(=O)N1CCC(C)(C)c2cc(Oc3ccc(C(=O)NNc4cc(C)c5c(C)nn(C)c5n4)o3)c(Cl)cc21.CCO.Cc1cc(NNC(=O)c2ccc(Oc3cc4c(cc3Cl)NCCC4(C)C)o2)nc2c1c(C)nn2C.I.II(I)I(I)I(I)I(I)I(I)I(I)I(I)I(I)I(I)I(I)I(I)I(I)I. The van der Waals surface area contributed by atoms with Crippen molar-refractivity contribution in [1.29, 1.82) is 0 Å². The Morgan fingerprint density at radius 2 is 0.951 bits per heavy atom. The number of aliphatic hydroxyl groups excluding tert-OH is 1. The number of nitrogens with zero attached hydrogens (tertiary/aromatic N) is 7. The van der Waals surface area contributed by atoms with Crippen LogP contribution in [0.2, 0.25) is 10.0 Å². The van der Waals surface area contributed by atoms with E-state index >= 15 is 0 Å². The van der Waals surface area contributed by atoms with Crippen molar-refractivity contribution in [3.8, 4) is 23.4 Å². The Kier molecular flexibility index (Phi) is 49.5. The second-order valence-corrected chi connectivity index (χ2v) is 607. The van der Waals surface area contributed by atoms with E-state index in [1.807, 2.05) is 72.1 Å². The Bertz CT molecular complexity index is 4240. The number of furan rings is 2.